The topological polar surface area (TPSA) is 62.8 Å². The van der Waals surface area contributed by atoms with Gasteiger partial charge >= 0.3 is 0 Å². The standard InChI is InChI=1S/C23H34N4O2/c1-25-13-15-26(16-14-25)18-23(29)9-4-11-27(12-10-23)22(28)8-7-19-17-24-21-6-3-2-5-20(19)21/h2-3,5-6,17,24,29H,4,7-16,18H2,1H3. The van der Waals surface area contributed by atoms with E-state index in [1.807, 2.05) is 23.2 Å². The lowest BCUT2D eigenvalue weighted by Gasteiger charge is -2.38. The fourth-order valence-electron chi connectivity index (χ4n) is 4.75. The molecule has 0 spiro atoms. The van der Waals surface area contributed by atoms with E-state index in [2.05, 4.69) is 34.0 Å². The molecule has 1 aromatic heterocycles. The van der Waals surface area contributed by atoms with Crippen LogP contribution in [-0.2, 0) is 11.2 Å². The zero-order valence-corrected chi connectivity index (χ0v) is 17.6. The second-order valence-electron chi connectivity index (χ2n) is 8.90. The summed E-state index contributed by atoms with van der Waals surface area (Å²) in [5, 5.41) is 12.4. The number of carbonyl (C=O) groups excluding carboxylic acids is 1. The molecule has 0 radical (unpaired) electrons. The van der Waals surface area contributed by atoms with Gasteiger partial charge in [-0.1, -0.05) is 18.2 Å². The first kappa shape index (κ1) is 20.4. The van der Waals surface area contributed by atoms with Crippen molar-refractivity contribution in [3.63, 3.8) is 0 Å². The Labute approximate surface area is 173 Å². The highest BCUT2D eigenvalue weighted by molar-refractivity contribution is 5.84. The molecule has 2 aliphatic rings. The molecule has 3 heterocycles. The summed E-state index contributed by atoms with van der Waals surface area (Å²) in [5.74, 6) is 0.208. The van der Waals surface area contributed by atoms with Gasteiger partial charge in [0.25, 0.3) is 0 Å². The van der Waals surface area contributed by atoms with E-state index in [0.717, 1.165) is 64.0 Å². The summed E-state index contributed by atoms with van der Waals surface area (Å²) < 4.78 is 0. The van der Waals surface area contributed by atoms with Crippen molar-refractivity contribution < 1.29 is 9.90 Å². The smallest absolute Gasteiger partial charge is 0.222 e. The number of hydrogen-bond acceptors (Lipinski definition) is 4. The molecule has 2 N–H and O–H groups in total. The van der Waals surface area contributed by atoms with E-state index in [1.165, 1.54) is 10.9 Å². The first-order valence-electron chi connectivity index (χ1n) is 11.0. The van der Waals surface area contributed by atoms with Crippen LogP contribution in [-0.4, -0.2) is 89.2 Å². The number of benzene rings is 1. The summed E-state index contributed by atoms with van der Waals surface area (Å²) in [6, 6.07) is 8.23. The molecular weight excluding hydrogens is 364 g/mol. The SMILES string of the molecule is CN1CCN(CC2(O)CCCN(C(=O)CCc3c[nH]c4ccccc34)CC2)CC1. The minimum absolute atomic E-state index is 0.208. The van der Waals surface area contributed by atoms with Crippen molar-refractivity contribution in [2.24, 2.45) is 0 Å². The highest BCUT2D eigenvalue weighted by Gasteiger charge is 2.33. The second kappa shape index (κ2) is 8.86. The third-order valence-corrected chi connectivity index (χ3v) is 6.67. The molecule has 2 saturated heterocycles. The average Bonchev–Trinajstić information content (AvgIpc) is 3.03. The average molecular weight is 399 g/mol. The van der Waals surface area contributed by atoms with Gasteiger partial charge in [0, 0.05) is 69.3 Å². The van der Waals surface area contributed by atoms with Gasteiger partial charge in [0.05, 0.1) is 5.60 Å². The fourth-order valence-corrected chi connectivity index (χ4v) is 4.75. The highest BCUT2D eigenvalue weighted by Crippen LogP contribution is 2.25. The second-order valence-corrected chi connectivity index (χ2v) is 8.90. The molecule has 1 amide bonds. The van der Waals surface area contributed by atoms with Crippen LogP contribution < -0.4 is 0 Å². The number of nitrogens with zero attached hydrogens (tertiary/aromatic N) is 3. The molecule has 0 bridgehead atoms. The molecule has 0 aliphatic carbocycles. The van der Waals surface area contributed by atoms with Crippen LogP contribution in [0.25, 0.3) is 10.9 Å². The van der Waals surface area contributed by atoms with Crippen molar-refractivity contribution in [1.82, 2.24) is 19.7 Å². The quantitative estimate of drug-likeness (QED) is 0.810. The number of amides is 1. The third kappa shape index (κ3) is 5.00. The van der Waals surface area contributed by atoms with Gasteiger partial charge in [-0.25, -0.2) is 0 Å². The number of piperazine rings is 1. The van der Waals surface area contributed by atoms with Gasteiger partial charge in [-0.3, -0.25) is 9.69 Å². The number of fused-ring (bicyclic) bond motifs is 1. The number of aromatic amines is 1. The zero-order chi connectivity index (χ0) is 20.3. The maximum absolute atomic E-state index is 12.8. The predicted octanol–water partition coefficient (Wildman–Crippen LogP) is 2.09. The molecule has 29 heavy (non-hydrogen) atoms. The number of aliphatic hydroxyl groups is 1. The van der Waals surface area contributed by atoms with Crippen molar-refractivity contribution in [3.8, 4) is 0 Å². The summed E-state index contributed by atoms with van der Waals surface area (Å²) in [7, 11) is 2.15. The molecule has 2 aromatic rings. The van der Waals surface area contributed by atoms with Gasteiger partial charge in [-0.2, -0.15) is 0 Å². The lowest BCUT2D eigenvalue weighted by molar-refractivity contribution is -0.131. The van der Waals surface area contributed by atoms with Gasteiger partial charge in [0.2, 0.25) is 5.91 Å². The van der Waals surface area contributed by atoms with Crippen molar-refractivity contribution >= 4 is 16.8 Å². The molecule has 2 aliphatic heterocycles. The fraction of sp³-hybridized carbons (Fsp3) is 0.609. The highest BCUT2D eigenvalue weighted by atomic mass is 16.3. The summed E-state index contributed by atoms with van der Waals surface area (Å²) in [4.78, 5) is 22.8. The van der Waals surface area contributed by atoms with Crippen molar-refractivity contribution in [1.29, 1.82) is 0 Å². The van der Waals surface area contributed by atoms with E-state index in [4.69, 9.17) is 0 Å². The summed E-state index contributed by atoms with van der Waals surface area (Å²) >= 11 is 0. The summed E-state index contributed by atoms with van der Waals surface area (Å²) in [6.45, 7) is 6.33. The van der Waals surface area contributed by atoms with Crippen molar-refractivity contribution in [2.75, 3.05) is 52.9 Å². The number of aryl methyl sites for hydroxylation is 1. The molecule has 6 nitrogen and oxygen atoms in total. The van der Waals surface area contributed by atoms with Crippen LogP contribution in [0.1, 0.15) is 31.2 Å². The molecular formula is C23H34N4O2. The number of carbonyl (C=O) groups is 1. The maximum atomic E-state index is 12.8. The normalized spacial score (nSPS) is 24.7. The van der Waals surface area contributed by atoms with Gasteiger partial charge < -0.3 is 19.9 Å². The van der Waals surface area contributed by atoms with Gasteiger partial charge in [0.15, 0.2) is 0 Å². The van der Waals surface area contributed by atoms with Crippen LogP contribution in [0.5, 0.6) is 0 Å². The first-order chi connectivity index (χ1) is 14.0. The zero-order valence-electron chi connectivity index (χ0n) is 17.6. The molecule has 1 unspecified atom stereocenters. The summed E-state index contributed by atoms with van der Waals surface area (Å²) in [5.41, 5.74) is 1.66. The first-order valence-corrected chi connectivity index (χ1v) is 11.0. The molecule has 1 atom stereocenters. The predicted molar refractivity (Wildman–Crippen MR) is 116 cm³/mol. The third-order valence-electron chi connectivity index (χ3n) is 6.67. The van der Waals surface area contributed by atoms with Crippen LogP contribution in [0, 0.1) is 0 Å². The van der Waals surface area contributed by atoms with Crippen molar-refractivity contribution in [2.45, 2.75) is 37.7 Å². The number of nitrogens with one attached hydrogen (secondary N) is 1. The van der Waals surface area contributed by atoms with E-state index in [9.17, 15) is 9.90 Å². The van der Waals surface area contributed by atoms with Gasteiger partial charge in [-0.15, -0.1) is 0 Å². The monoisotopic (exact) mass is 398 g/mol. The van der Waals surface area contributed by atoms with Crippen molar-refractivity contribution in [3.05, 3.63) is 36.0 Å². The lowest BCUT2D eigenvalue weighted by atomic mass is 9.94. The van der Waals surface area contributed by atoms with E-state index in [-0.39, 0.29) is 5.91 Å². The Morgan fingerprint density at radius 3 is 2.72 bits per heavy atom. The number of likely N-dealkylation sites (tertiary alicyclic amines) is 1. The Kier molecular flexibility index (Phi) is 6.23. The molecule has 0 saturated carbocycles. The molecule has 6 heteroatoms. The van der Waals surface area contributed by atoms with Gasteiger partial charge in [0.1, 0.15) is 0 Å². The van der Waals surface area contributed by atoms with Crippen LogP contribution >= 0.6 is 0 Å². The Hall–Kier alpha value is -1.89. The number of likely N-dealkylation sites (N-methyl/N-ethyl adjacent to an activating group) is 1. The Balaban J connectivity index is 1.29. The van der Waals surface area contributed by atoms with E-state index in [0.29, 0.717) is 19.4 Å². The number of H-pyrrole nitrogens is 1. The number of aromatic nitrogens is 1. The van der Waals surface area contributed by atoms with Crippen LogP contribution in [0.4, 0.5) is 0 Å². The Bertz CT molecular complexity index is 827. The Morgan fingerprint density at radius 2 is 1.90 bits per heavy atom. The van der Waals surface area contributed by atoms with Crippen LogP contribution in [0.2, 0.25) is 0 Å². The van der Waals surface area contributed by atoms with Crippen LogP contribution in [0.15, 0.2) is 30.5 Å². The number of β-amino-alcohol motifs (C(OH)–C–C–N with tert-alkyl or cyclic N) is 1. The number of hydrogen-bond donors (Lipinski definition) is 2. The molecule has 2 fully saturated rings. The minimum atomic E-state index is -0.665. The van der Waals surface area contributed by atoms with Gasteiger partial charge in [-0.05, 0) is 44.4 Å². The lowest BCUT2D eigenvalue weighted by Crippen LogP contribution is -2.51. The minimum Gasteiger partial charge on any atom is -0.388 e. The molecule has 1 aromatic carbocycles. The molecule has 4 rings (SSSR count). The van der Waals surface area contributed by atoms with Crippen LogP contribution in [0.3, 0.4) is 0 Å². The number of rotatable bonds is 5. The van der Waals surface area contributed by atoms with E-state index >= 15 is 0 Å². The summed E-state index contributed by atoms with van der Waals surface area (Å²) in [6.07, 6.45) is 5.64. The maximum Gasteiger partial charge on any atom is 0.222 e. The van der Waals surface area contributed by atoms with E-state index < -0.39 is 5.60 Å². The largest absolute Gasteiger partial charge is 0.388 e. The Morgan fingerprint density at radius 1 is 1.10 bits per heavy atom. The van der Waals surface area contributed by atoms with E-state index in [1.54, 1.807) is 0 Å². The number of para-hydroxylation sites is 1. The molecule has 158 valence electrons.